The molecule has 0 atom stereocenters. The number of nitrogens with zero attached hydrogens (tertiary/aromatic N) is 3. The van der Waals surface area contributed by atoms with Crippen molar-refractivity contribution in [3.05, 3.63) is 61.1 Å². The summed E-state index contributed by atoms with van der Waals surface area (Å²) in [6.45, 7) is 0.500. The SMILES string of the molecule is CNc1ccc(Br)cc1[N+](=O)[O-].CNc1ccc(N2CCC(C(F)(F)F)CC2)cc1[N+](=O)[O-]. The second-order valence-corrected chi connectivity index (χ2v) is 8.10. The van der Waals surface area contributed by atoms with Crippen molar-refractivity contribution in [2.45, 2.75) is 19.0 Å². The van der Waals surface area contributed by atoms with Gasteiger partial charge >= 0.3 is 6.18 Å². The minimum atomic E-state index is -4.16. The molecule has 2 N–H and O–H groups in total. The van der Waals surface area contributed by atoms with E-state index in [2.05, 4.69) is 26.6 Å². The number of piperidine rings is 1. The summed E-state index contributed by atoms with van der Waals surface area (Å²) in [4.78, 5) is 22.3. The molecule has 1 aliphatic heterocycles. The first-order valence-corrected chi connectivity index (χ1v) is 10.7. The summed E-state index contributed by atoms with van der Waals surface area (Å²) in [6.07, 6.45) is -4.12. The summed E-state index contributed by atoms with van der Waals surface area (Å²) >= 11 is 3.16. The van der Waals surface area contributed by atoms with Crippen molar-refractivity contribution < 1.29 is 23.0 Å². The Kier molecular flexibility index (Phi) is 8.85. The summed E-state index contributed by atoms with van der Waals surface area (Å²) in [5.41, 5.74) is 1.48. The van der Waals surface area contributed by atoms with Gasteiger partial charge in [-0.05, 0) is 37.1 Å². The van der Waals surface area contributed by atoms with Crippen LogP contribution in [-0.4, -0.2) is 43.2 Å². The fourth-order valence-electron chi connectivity index (χ4n) is 3.41. The van der Waals surface area contributed by atoms with Crippen LogP contribution in [0.5, 0.6) is 0 Å². The maximum absolute atomic E-state index is 12.6. The first-order chi connectivity index (χ1) is 15.5. The van der Waals surface area contributed by atoms with Crippen molar-refractivity contribution >= 4 is 44.4 Å². The highest BCUT2D eigenvalue weighted by molar-refractivity contribution is 9.10. The van der Waals surface area contributed by atoms with E-state index >= 15 is 0 Å². The molecule has 0 unspecified atom stereocenters. The molecule has 9 nitrogen and oxygen atoms in total. The van der Waals surface area contributed by atoms with Gasteiger partial charge in [0.05, 0.1) is 15.8 Å². The molecular formula is C20H23BrF3N5O4. The lowest BCUT2D eigenvalue weighted by atomic mass is 9.96. The van der Waals surface area contributed by atoms with Crippen molar-refractivity contribution in [2.75, 3.05) is 42.7 Å². The van der Waals surface area contributed by atoms with Crippen LogP contribution in [0.15, 0.2) is 40.9 Å². The van der Waals surface area contributed by atoms with Crippen molar-refractivity contribution in [3.8, 4) is 0 Å². The van der Waals surface area contributed by atoms with Crippen molar-refractivity contribution in [3.63, 3.8) is 0 Å². The molecule has 0 radical (unpaired) electrons. The number of nitrogens with one attached hydrogen (secondary N) is 2. The Morgan fingerprint density at radius 2 is 1.42 bits per heavy atom. The molecule has 13 heteroatoms. The molecule has 0 spiro atoms. The van der Waals surface area contributed by atoms with Crippen LogP contribution in [0, 0.1) is 26.1 Å². The maximum Gasteiger partial charge on any atom is 0.391 e. The molecule has 0 bridgehead atoms. The second-order valence-electron chi connectivity index (χ2n) is 7.18. The van der Waals surface area contributed by atoms with E-state index in [1.165, 1.54) is 12.1 Å². The molecule has 0 saturated carbocycles. The zero-order valence-corrected chi connectivity index (χ0v) is 19.4. The Bertz CT molecular complexity index is 998. The Hall–Kier alpha value is -3.09. The maximum atomic E-state index is 12.6. The molecule has 2 aromatic carbocycles. The van der Waals surface area contributed by atoms with Crippen LogP contribution in [0.25, 0.3) is 0 Å². The van der Waals surface area contributed by atoms with Gasteiger partial charge in [-0.3, -0.25) is 20.2 Å². The van der Waals surface area contributed by atoms with Crippen LogP contribution < -0.4 is 15.5 Å². The largest absolute Gasteiger partial charge is 0.391 e. The molecule has 0 amide bonds. The third-order valence-electron chi connectivity index (χ3n) is 5.20. The highest BCUT2D eigenvalue weighted by Gasteiger charge is 2.41. The van der Waals surface area contributed by atoms with Gasteiger partial charge in [-0.15, -0.1) is 0 Å². The van der Waals surface area contributed by atoms with E-state index in [0.29, 0.717) is 21.5 Å². The van der Waals surface area contributed by atoms with E-state index < -0.39 is 21.9 Å². The fraction of sp³-hybridized carbons (Fsp3) is 0.400. The van der Waals surface area contributed by atoms with Gasteiger partial charge in [-0.1, -0.05) is 15.9 Å². The van der Waals surface area contributed by atoms with Gasteiger partial charge in [0.15, 0.2) is 0 Å². The van der Waals surface area contributed by atoms with Gasteiger partial charge in [-0.25, -0.2) is 0 Å². The van der Waals surface area contributed by atoms with Gasteiger partial charge in [0.25, 0.3) is 11.4 Å². The number of hydrogen-bond donors (Lipinski definition) is 2. The van der Waals surface area contributed by atoms with E-state index in [9.17, 15) is 33.4 Å². The number of halogens is 4. The molecule has 180 valence electrons. The average Bonchev–Trinajstić information content (AvgIpc) is 2.78. The normalized spacial score (nSPS) is 14.2. The average molecular weight is 534 g/mol. The predicted octanol–water partition coefficient (Wildman–Crippen LogP) is 5.81. The second kappa shape index (κ2) is 11.2. The summed E-state index contributed by atoms with van der Waals surface area (Å²) in [5, 5.41) is 26.9. The van der Waals surface area contributed by atoms with Crippen LogP contribution >= 0.6 is 15.9 Å². The molecule has 1 saturated heterocycles. The van der Waals surface area contributed by atoms with E-state index in [1.807, 2.05) is 0 Å². The number of rotatable bonds is 5. The Labute approximate surface area is 196 Å². The van der Waals surface area contributed by atoms with E-state index in [1.54, 1.807) is 43.3 Å². The van der Waals surface area contributed by atoms with Crippen LogP contribution in [0.4, 0.5) is 41.6 Å². The Morgan fingerprint density at radius 3 is 1.88 bits per heavy atom. The van der Waals surface area contributed by atoms with Crippen molar-refractivity contribution in [1.29, 1.82) is 0 Å². The number of nitro benzene ring substituents is 2. The lowest BCUT2D eigenvalue weighted by Crippen LogP contribution is -2.39. The molecule has 1 aliphatic rings. The molecule has 2 aromatic rings. The first-order valence-electron chi connectivity index (χ1n) is 9.87. The first kappa shape index (κ1) is 26.2. The predicted molar refractivity (Wildman–Crippen MR) is 124 cm³/mol. The molecule has 33 heavy (non-hydrogen) atoms. The zero-order valence-electron chi connectivity index (χ0n) is 17.9. The summed E-state index contributed by atoms with van der Waals surface area (Å²) in [6, 6.07) is 9.53. The van der Waals surface area contributed by atoms with Crippen molar-refractivity contribution in [2.24, 2.45) is 5.92 Å². The van der Waals surface area contributed by atoms with E-state index in [4.69, 9.17) is 0 Å². The number of nitro groups is 2. The fourth-order valence-corrected chi connectivity index (χ4v) is 3.76. The zero-order chi connectivity index (χ0) is 24.8. The number of hydrogen-bond acceptors (Lipinski definition) is 7. The lowest BCUT2D eigenvalue weighted by molar-refractivity contribution is -0.384. The summed E-state index contributed by atoms with van der Waals surface area (Å²) in [7, 11) is 3.23. The number of alkyl halides is 3. The van der Waals surface area contributed by atoms with Gasteiger partial charge < -0.3 is 15.5 Å². The Balaban J connectivity index is 0.000000273. The van der Waals surface area contributed by atoms with Crippen LogP contribution in [-0.2, 0) is 0 Å². The minimum Gasteiger partial charge on any atom is -0.383 e. The number of anilines is 3. The topological polar surface area (TPSA) is 114 Å². The number of benzene rings is 2. The van der Waals surface area contributed by atoms with E-state index in [-0.39, 0.29) is 37.3 Å². The van der Waals surface area contributed by atoms with E-state index in [0.717, 1.165) is 0 Å². The molecular weight excluding hydrogens is 511 g/mol. The van der Waals surface area contributed by atoms with Gasteiger partial charge in [-0.2, -0.15) is 13.2 Å². The molecule has 0 aromatic heterocycles. The standard InChI is InChI=1S/C13H16F3N3O2.C7H7BrN2O2/c1-17-11-3-2-10(8-12(11)19(20)21)18-6-4-9(5-7-18)13(14,15)16;1-9-6-3-2-5(8)4-7(6)10(11)12/h2-3,8-9,17H,4-7H2,1H3;2-4,9H,1H3. The lowest BCUT2D eigenvalue weighted by Gasteiger charge is -2.34. The minimum absolute atomic E-state index is 0.0189. The highest BCUT2D eigenvalue weighted by Crippen LogP contribution is 2.37. The van der Waals surface area contributed by atoms with Crippen LogP contribution in [0.3, 0.4) is 0 Å². The van der Waals surface area contributed by atoms with Crippen molar-refractivity contribution in [1.82, 2.24) is 0 Å². The molecule has 1 fully saturated rings. The molecule has 0 aliphatic carbocycles. The van der Waals surface area contributed by atoms with Crippen LogP contribution in [0.1, 0.15) is 12.8 Å². The van der Waals surface area contributed by atoms with Gasteiger partial charge in [0, 0.05) is 49.5 Å². The summed E-state index contributed by atoms with van der Waals surface area (Å²) in [5.74, 6) is -1.28. The van der Waals surface area contributed by atoms with Gasteiger partial charge in [0.1, 0.15) is 11.4 Å². The monoisotopic (exact) mass is 533 g/mol. The Morgan fingerprint density at radius 1 is 0.939 bits per heavy atom. The molecule has 1 heterocycles. The quantitative estimate of drug-likeness (QED) is 0.368. The smallest absolute Gasteiger partial charge is 0.383 e. The van der Waals surface area contributed by atoms with Crippen LogP contribution in [0.2, 0.25) is 0 Å². The molecule has 3 rings (SSSR count). The third kappa shape index (κ3) is 6.94. The highest BCUT2D eigenvalue weighted by atomic mass is 79.9. The van der Waals surface area contributed by atoms with Gasteiger partial charge in [0.2, 0.25) is 0 Å². The third-order valence-corrected chi connectivity index (χ3v) is 5.69. The summed E-state index contributed by atoms with van der Waals surface area (Å²) < 4.78 is 38.6.